The van der Waals surface area contributed by atoms with Gasteiger partial charge in [0.1, 0.15) is 0 Å². The normalized spacial score (nSPS) is 14.1. The zero-order valence-electron chi connectivity index (χ0n) is 22.1. The first kappa shape index (κ1) is 26.5. The van der Waals surface area contributed by atoms with E-state index in [1.807, 2.05) is 50.2 Å². The number of sulfonamides is 1. The molecule has 2 heterocycles. The van der Waals surface area contributed by atoms with E-state index < -0.39 is 10.0 Å². The highest BCUT2D eigenvalue weighted by Crippen LogP contribution is 2.33. The number of aromatic nitrogens is 1. The molecule has 7 nitrogen and oxygen atoms in total. The standard InChI is InChI=1S/C29H32N4O3S2/c1-20-9-14-26-27(21(20)2)30-29(37-26)33(18-17-31(3)4)28(34)23-10-12-25(13-11-23)38(35,36)32-16-15-22-7-5-6-8-24(22)19-32/h5-14H,15-19H2,1-4H3. The first-order chi connectivity index (χ1) is 18.1. The Balaban J connectivity index is 1.41. The summed E-state index contributed by atoms with van der Waals surface area (Å²) in [6.07, 6.45) is 0.688. The predicted octanol–water partition coefficient (Wildman–Crippen LogP) is 4.87. The second kappa shape index (κ2) is 10.6. The van der Waals surface area contributed by atoms with E-state index in [1.165, 1.54) is 21.2 Å². The van der Waals surface area contributed by atoms with E-state index in [0.29, 0.717) is 43.3 Å². The molecule has 4 aromatic rings. The molecule has 5 rings (SSSR count). The van der Waals surface area contributed by atoms with Crippen LogP contribution in [0.4, 0.5) is 5.13 Å². The molecule has 0 fully saturated rings. The van der Waals surface area contributed by atoms with Crippen LogP contribution < -0.4 is 4.90 Å². The van der Waals surface area contributed by atoms with Crippen LogP contribution in [0.25, 0.3) is 10.2 Å². The number of likely N-dealkylation sites (N-methyl/N-ethyl adjacent to an activating group) is 1. The highest BCUT2D eigenvalue weighted by atomic mass is 32.2. The molecule has 1 aromatic heterocycles. The average Bonchev–Trinajstić information content (AvgIpc) is 3.35. The van der Waals surface area contributed by atoms with Gasteiger partial charge in [-0.1, -0.05) is 41.7 Å². The topological polar surface area (TPSA) is 73.8 Å². The zero-order valence-corrected chi connectivity index (χ0v) is 23.8. The van der Waals surface area contributed by atoms with Crippen molar-refractivity contribution in [3.8, 4) is 0 Å². The van der Waals surface area contributed by atoms with Crippen LogP contribution in [0.15, 0.2) is 65.6 Å². The minimum atomic E-state index is -3.68. The molecule has 3 aromatic carbocycles. The lowest BCUT2D eigenvalue weighted by Crippen LogP contribution is -2.37. The summed E-state index contributed by atoms with van der Waals surface area (Å²) in [7, 11) is 0.255. The monoisotopic (exact) mass is 548 g/mol. The van der Waals surface area contributed by atoms with E-state index in [9.17, 15) is 13.2 Å². The Kier molecular flexibility index (Phi) is 7.37. The third kappa shape index (κ3) is 5.11. The van der Waals surface area contributed by atoms with E-state index in [4.69, 9.17) is 4.98 Å². The first-order valence-corrected chi connectivity index (χ1v) is 14.9. The summed E-state index contributed by atoms with van der Waals surface area (Å²) in [5.74, 6) is -0.198. The molecular weight excluding hydrogens is 516 g/mol. The Bertz CT molecular complexity index is 1590. The number of rotatable bonds is 7. The van der Waals surface area contributed by atoms with Crippen molar-refractivity contribution < 1.29 is 13.2 Å². The quantitative estimate of drug-likeness (QED) is 0.330. The summed E-state index contributed by atoms with van der Waals surface area (Å²) >= 11 is 1.50. The van der Waals surface area contributed by atoms with E-state index in [-0.39, 0.29) is 10.8 Å². The van der Waals surface area contributed by atoms with Gasteiger partial charge in [-0.3, -0.25) is 9.69 Å². The first-order valence-electron chi connectivity index (χ1n) is 12.7. The van der Waals surface area contributed by atoms with Gasteiger partial charge < -0.3 is 4.90 Å². The van der Waals surface area contributed by atoms with Crippen LogP contribution in [0, 0.1) is 13.8 Å². The van der Waals surface area contributed by atoms with E-state index in [2.05, 4.69) is 19.1 Å². The Morgan fingerprint density at radius 3 is 2.39 bits per heavy atom. The summed E-state index contributed by atoms with van der Waals surface area (Å²) in [6, 6.07) is 18.4. The molecule has 38 heavy (non-hydrogen) atoms. The van der Waals surface area contributed by atoms with E-state index in [0.717, 1.165) is 26.9 Å². The van der Waals surface area contributed by atoms with Gasteiger partial charge in [0.05, 0.1) is 15.1 Å². The molecule has 0 radical (unpaired) electrons. The molecule has 9 heteroatoms. The number of amides is 1. The average molecular weight is 549 g/mol. The van der Waals surface area contributed by atoms with Gasteiger partial charge in [-0.15, -0.1) is 0 Å². The number of carbonyl (C=O) groups excluding carboxylic acids is 1. The second-order valence-electron chi connectivity index (χ2n) is 9.99. The van der Waals surface area contributed by atoms with E-state index >= 15 is 0 Å². The molecule has 0 saturated heterocycles. The number of benzene rings is 3. The SMILES string of the molecule is Cc1ccc2sc(N(CCN(C)C)C(=O)c3ccc(S(=O)(=O)N4CCc5ccccc5C4)cc3)nc2c1C. The molecule has 1 aliphatic rings. The van der Waals surface area contributed by atoms with Crippen molar-refractivity contribution in [1.82, 2.24) is 14.2 Å². The van der Waals surface area contributed by atoms with Gasteiger partial charge in [-0.05, 0) is 86.9 Å². The van der Waals surface area contributed by atoms with Crippen molar-refractivity contribution in [2.45, 2.75) is 31.7 Å². The van der Waals surface area contributed by atoms with Gasteiger partial charge in [0.15, 0.2) is 5.13 Å². The molecule has 0 N–H and O–H groups in total. The van der Waals surface area contributed by atoms with Crippen molar-refractivity contribution in [1.29, 1.82) is 0 Å². The Morgan fingerprint density at radius 1 is 0.974 bits per heavy atom. The van der Waals surface area contributed by atoms with Crippen LogP contribution in [0.3, 0.4) is 0 Å². The number of hydrogen-bond donors (Lipinski definition) is 0. The van der Waals surface area contributed by atoms with Gasteiger partial charge in [-0.2, -0.15) is 4.31 Å². The zero-order chi connectivity index (χ0) is 27.0. The van der Waals surface area contributed by atoms with Crippen LogP contribution in [0.5, 0.6) is 0 Å². The number of thiazole rings is 1. The molecular formula is C29H32N4O3S2. The van der Waals surface area contributed by atoms with Crippen molar-refractivity contribution in [2.24, 2.45) is 0 Å². The van der Waals surface area contributed by atoms with Gasteiger partial charge in [0.25, 0.3) is 5.91 Å². The summed E-state index contributed by atoms with van der Waals surface area (Å²) in [5, 5.41) is 0.643. The van der Waals surface area contributed by atoms with Crippen LogP contribution in [0.1, 0.15) is 32.6 Å². The minimum Gasteiger partial charge on any atom is -0.308 e. The highest BCUT2D eigenvalue weighted by molar-refractivity contribution is 7.89. The fraction of sp³-hybridized carbons (Fsp3) is 0.310. The smallest absolute Gasteiger partial charge is 0.260 e. The van der Waals surface area contributed by atoms with Crippen molar-refractivity contribution in [3.63, 3.8) is 0 Å². The highest BCUT2D eigenvalue weighted by Gasteiger charge is 2.29. The predicted molar refractivity (Wildman–Crippen MR) is 154 cm³/mol. The fourth-order valence-electron chi connectivity index (χ4n) is 4.66. The number of anilines is 1. The number of hydrogen-bond acceptors (Lipinski definition) is 6. The maximum absolute atomic E-state index is 13.7. The molecule has 1 aliphatic heterocycles. The largest absolute Gasteiger partial charge is 0.308 e. The van der Waals surface area contributed by atoms with Crippen molar-refractivity contribution in [2.75, 3.05) is 38.6 Å². The van der Waals surface area contributed by atoms with Crippen LogP contribution >= 0.6 is 11.3 Å². The third-order valence-electron chi connectivity index (χ3n) is 7.16. The molecule has 0 bridgehead atoms. The Hall–Kier alpha value is -3.11. The van der Waals surface area contributed by atoms with Crippen LogP contribution in [-0.2, 0) is 23.0 Å². The summed E-state index contributed by atoms with van der Waals surface area (Å²) < 4.78 is 29.3. The molecule has 0 spiro atoms. The van der Waals surface area contributed by atoms with Crippen LogP contribution in [-0.4, -0.2) is 62.2 Å². The lowest BCUT2D eigenvalue weighted by Gasteiger charge is -2.28. The van der Waals surface area contributed by atoms with Gasteiger partial charge >= 0.3 is 0 Å². The second-order valence-corrected chi connectivity index (χ2v) is 12.9. The molecule has 1 amide bonds. The number of carbonyl (C=O) groups is 1. The Morgan fingerprint density at radius 2 is 1.68 bits per heavy atom. The lowest BCUT2D eigenvalue weighted by molar-refractivity contribution is 0.0985. The van der Waals surface area contributed by atoms with Gasteiger partial charge in [0.2, 0.25) is 10.0 Å². The number of aryl methyl sites for hydroxylation is 2. The molecule has 0 aliphatic carbocycles. The number of fused-ring (bicyclic) bond motifs is 2. The lowest BCUT2D eigenvalue weighted by atomic mass is 10.0. The van der Waals surface area contributed by atoms with Gasteiger partial charge in [0, 0.05) is 31.7 Å². The van der Waals surface area contributed by atoms with E-state index in [1.54, 1.807) is 29.2 Å². The van der Waals surface area contributed by atoms with Crippen molar-refractivity contribution >= 4 is 42.6 Å². The maximum Gasteiger partial charge on any atom is 0.260 e. The minimum absolute atomic E-state index is 0.194. The maximum atomic E-state index is 13.7. The molecule has 0 unspecified atom stereocenters. The molecule has 0 atom stereocenters. The Labute approximate surface area is 228 Å². The van der Waals surface area contributed by atoms with Crippen LogP contribution in [0.2, 0.25) is 0 Å². The summed E-state index contributed by atoms with van der Waals surface area (Å²) in [5.41, 5.74) is 5.84. The van der Waals surface area contributed by atoms with Gasteiger partial charge in [-0.25, -0.2) is 13.4 Å². The van der Waals surface area contributed by atoms with Crippen molar-refractivity contribution in [3.05, 3.63) is 88.5 Å². The summed E-state index contributed by atoms with van der Waals surface area (Å²) in [6.45, 7) is 6.04. The number of nitrogens with zero attached hydrogens (tertiary/aromatic N) is 4. The molecule has 198 valence electrons. The fourth-order valence-corrected chi connectivity index (χ4v) is 7.13. The third-order valence-corrected chi connectivity index (χ3v) is 10.1. The molecule has 0 saturated carbocycles. The summed E-state index contributed by atoms with van der Waals surface area (Å²) in [4.78, 5) is 22.5.